The number of halogens is 2. The molecule has 0 spiro atoms. The van der Waals surface area contributed by atoms with Gasteiger partial charge in [-0.1, -0.05) is 84.5 Å². The van der Waals surface area contributed by atoms with Gasteiger partial charge in [0.2, 0.25) is 0 Å². The van der Waals surface area contributed by atoms with Gasteiger partial charge in [0.15, 0.2) is 0 Å². The zero-order valence-electron chi connectivity index (χ0n) is 23.3. The molecule has 5 rings (SSSR count). The number of imidazole rings is 1. The predicted octanol–water partition coefficient (Wildman–Crippen LogP) is 9.16. The minimum absolute atomic E-state index is 0.280. The van der Waals surface area contributed by atoms with Crippen LogP contribution >= 0.6 is 35.0 Å². The number of nitrogens with zero attached hydrogens (tertiary/aromatic N) is 2. The number of rotatable bonds is 8. The van der Waals surface area contributed by atoms with Gasteiger partial charge in [0.25, 0.3) is 0 Å². The summed E-state index contributed by atoms with van der Waals surface area (Å²) in [7, 11) is 1.38. The van der Waals surface area contributed by atoms with Gasteiger partial charge in [-0.05, 0) is 71.4 Å². The lowest BCUT2D eigenvalue weighted by atomic mass is 10.0. The van der Waals surface area contributed by atoms with E-state index in [4.69, 9.17) is 32.9 Å². The van der Waals surface area contributed by atoms with Crippen molar-refractivity contribution in [2.24, 2.45) is 0 Å². The lowest BCUT2D eigenvalue weighted by Crippen LogP contribution is -2.03. The molecule has 0 bridgehead atoms. The van der Waals surface area contributed by atoms with Crippen molar-refractivity contribution in [1.82, 2.24) is 9.55 Å². The Hall–Kier alpha value is -3.77. The smallest absolute Gasteiger partial charge is 0.337 e. The zero-order chi connectivity index (χ0) is 29.5. The second-order valence-corrected chi connectivity index (χ2v) is 11.5. The molecule has 0 fully saturated rings. The SMILES string of the molecule is COC(=O)c1ccc(Cn2cc(C3=CC=CC(Cl)C=C3Cl)nc2/C=C/c2ccc(C3=CC(SC)=CC=CC3)cc2)cc1. The van der Waals surface area contributed by atoms with Gasteiger partial charge in [-0.2, -0.15) is 0 Å². The van der Waals surface area contributed by atoms with E-state index in [0.717, 1.165) is 34.6 Å². The molecule has 1 heterocycles. The average Bonchev–Trinajstić information content (AvgIpc) is 3.14. The molecule has 0 saturated carbocycles. The van der Waals surface area contributed by atoms with Crippen LogP contribution in [0.3, 0.4) is 0 Å². The van der Waals surface area contributed by atoms with Crippen LogP contribution in [0.1, 0.15) is 45.0 Å². The Morgan fingerprint density at radius 2 is 1.88 bits per heavy atom. The first kappa shape index (κ1) is 29.7. The van der Waals surface area contributed by atoms with Gasteiger partial charge in [0.05, 0.1) is 23.7 Å². The van der Waals surface area contributed by atoms with E-state index in [0.29, 0.717) is 17.1 Å². The maximum absolute atomic E-state index is 11.9. The fourth-order valence-electron chi connectivity index (χ4n) is 4.65. The minimum Gasteiger partial charge on any atom is -0.465 e. The molecular weight excluding hydrogens is 583 g/mol. The van der Waals surface area contributed by atoms with Gasteiger partial charge < -0.3 is 9.30 Å². The summed E-state index contributed by atoms with van der Waals surface area (Å²) in [5.74, 6) is 0.417. The summed E-state index contributed by atoms with van der Waals surface area (Å²) >= 11 is 14.7. The number of benzene rings is 2. The summed E-state index contributed by atoms with van der Waals surface area (Å²) in [5.41, 5.74) is 6.67. The van der Waals surface area contributed by atoms with Gasteiger partial charge in [-0.15, -0.1) is 23.4 Å². The van der Waals surface area contributed by atoms with Crippen molar-refractivity contribution in [3.05, 3.63) is 147 Å². The van der Waals surface area contributed by atoms with Gasteiger partial charge in [0.1, 0.15) is 5.82 Å². The third-order valence-corrected chi connectivity index (χ3v) is 8.25. The standard InChI is InChI=1S/C35H30Cl2N2O2S/c1-41-35(40)27-17-12-25(13-18-27)22-39-23-33(31-9-5-7-29(36)21-32(31)37)38-34(39)19-14-24-10-15-26(16-11-24)28-6-3-4-8-30(20-28)42-2/h3-5,7-21,23,29H,6,22H2,1-2H3/b19-14+. The summed E-state index contributed by atoms with van der Waals surface area (Å²) in [6.45, 7) is 0.558. The summed E-state index contributed by atoms with van der Waals surface area (Å²) in [4.78, 5) is 18.1. The van der Waals surface area contributed by atoms with Crippen LogP contribution in [0.15, 0.2) is 113 Å². The van der Waals surface area contributed by atoms with Crippen LogP contribution in [0, 0.1) is 0 Å². The molecule has 2 aliphatic carbocycles. The normalized spacial score (nSPS) is 16.8. The molecule has 0 aliphatic heterocycles. The fourth-order valence-corrected chi connectivity index (χ4v) is 5.70. The summed E-state index contributed by atoms with van der Waals surface area (Å²) in [6.07, 6.45) is 25.3. The van der Waals surface area contributed by atoms with E-state index < -0.39 is 0 Å². The monoisotopic (exact) mass is 612 g/mol. The van der Waals surface area contributed by atoms with E-state index in [-0.39, 0.29) is 11.3 Å². The molecule has 1 unspecified atom stereocenters. The van der Waals surface area contributed by atoms with Crippen LogP contribution in [0.5, 0.6) is 0 Å². The van der Waals surface area contributed by atoms with Crippen molar-refractivity contribution < 1.29 is 9.53 Å². The molecule has 1 aromatic heterocycles. The lowest BCUT2D eigenvalue weighted by molar-refractivity contribution is 0.0600. The molecule has 4 nitrogen and oxygen atoms in total. The number of allylic oxidation sites excluding steroid dienone is 11. The van der Waals surface area contributed by atoms with Crippen LogP contribution < -0.4 is 0 Å². The van der Waals surface area contributed by atoms with E-state index in [2.05, 4.69) is 65.5 Å². The predicted molar refractivity (Wildman–Crippen MR) is 179 cm³/mol. The highest BCUT2D eigenvalue weighted by Gasteiger charge is 2.16. The zero-order valence-corrected chi connectivity index (χ0v) is 25.7. The molecule has 42 heavy (non-hydrogen) atoms. The number of alkyl halides is 1. The molecule has 3 aromatic rings. The third kappa shape index (κ3) is 7.35. The van der Waals surface area contributed by atoms with E-state index >= 15 is 0 Å². The van der Waals surface area contributed by atoms with Crippen molar-refractivity contribution in [3.63, 3.8) is 0 Å². The number of hydrogen-bond donors (Lipinski definition) is 0. The number of carbonyl (C=O) groups excluding carboxylic acids is 1. The first-order valence-corrected chi connectivity index (χ1v) is 15.5. The molecule has 212 valence electrons. The second-order valence-electron chi connectivity index (χ2n) is 9.76. The summed E-state index contributed by atoms with van der Waals surface area (Å²) in [5, 5.41) is 0.275. The maximum atomic E-state index is 11.9. The van der Waals surface area contributed by atoms with Gasteiger partial charge in [-0.3, -0.25) is 0 Å². The molecule has 0 amide bonds. The van der Waals surface area contributed by atoms with E-state index in [9.17, 15) is 4.79 Å². The van der Waals surface area contributed by atoms with Crippen molar-refractivity contribution in [1.29, 1.82) is 0 Å². The number of thioether (sulfide) groups is 1. The minimum atomic E-state index is -0.360. The Bertz CT molecular complexity index is 1670. The van der Waals surface area contributed by atoms with Gasteiger partial charge in [0, 0.05) is 28.3 Å². The fraction of sp³-hybridized carbons (Fsp3) is 0.143. The van der Waals surface area contributed by atoms with Crippen molar-refractivity contribution in [2.75, 3.05) is 13.4 Å². The quantitative estimate of drug-likeness (QED) is 0.188. The Balaban J connectivity index is 1.43. The first-order valence-electron chi connectivity index (χ1n) is 13.5. The Labute approximate surface area is 261 Å². The number of aromatic nitrogens is 2. The maximum Gasteiger partial charge on any atom is 0.337 e. The topological polar surface area (TPSA) is 44.1 Å². The van der Waals surface area contributed by atoms with E-state index in [1.165, 1.54) is 23.2 Å². The third-order valence-electron chi connectivity index (χ3n) is 6.92. The summed E-state index contributed by atoms with van der Waals surface area (Å²) < 4.78 is 6.90. The van der Waals surface area contributed by atoms with Crippen LogP contribution in [-0.4, -0.2) is 34.3 Å². The molecule has 2 aromatic carbocycles. The van der Waals surface area contributed by atoms with Crippen molar-refractivity contribution in [2.45, 2.75) is 18.3 Å². The van der Waals surface area contributed by atoms with Crippen LogP contribution in [-0.2, 0) is 11.3 Å². The number of methoxy groups -OCH3 is 1. The lowest BCUT2D eigenvalue weighted by Gasteiger charge is -2.07. The Morgan fingerprint density at radius 1 is 1.10 bits per heavy atom. The first-order chi connectivity index (χ1) is 20.4. The number of esters is 1. The van der Waals surface area contributed by atoms with Crippen LogP contribution in [0.25, 0.3) is 23.3 Å². The number of ether oxygens (including phenoxy) is 1. The number of hydrogen-bond acceptors (Lipinski definition) is 4. The van der Waals surface area contributed by atoms with E-state index in [1.54, 1.807) is 30.0 Å². The second kappa shape index (κ2) is 13.9. The highest BCUT2D eigenvalue weighted by atomic mass is 35.5. The van der Waals surface area contributed by atoms with Gasteiger partial charge in [-0.25, -0.2) is 9.78 Å². The van der Waals surface area contributed by atoms with Crippen LogP contribution in [0.4, 0.5) is 0 Å². The average molecular weight is 614 g/mol. The largest absolute Gasteiger partial charge is 0.465 e. The number of carbonyl (C=O) groups is 1. The van der Waals surface area contributed by atoms with Crippen molar-refractivity contribution in [3.8, 4) is 0 Å². The molecule has 0 N–H and O–H groups in total. The molecule has 0 saturated heterocycles. The molecule has 2 aliphatic rings. The molecule has 1 atom stereocenters. The van der Waals surface area contributed by atoms with Gasteiger partial charge >= 0.3 is 5.97 Å². The Kier molecular flexibility index (Phi) is 9.85. The van der Waals surface area contributed by atoms with E-state index in [1.807, 2.05) is 42.6 Å². The molecule has 7 heteroatoms. The molecular formula is C35H30Cl2N2O2S. The molecule has 0 radical (unpaired) electrons. The Morgan fingerprint density at radius 3 is 2.62 bits per heavy atom. The highest BCUT2D eigenvalue weighted by molar-refractivity contribution is 8.02. The summed E-state index contributed by atoms with van der Waals surface area (Å²) in [6, 6.07) is 16.0. The highest BCUT2D eigenvalue weighted by Crippen LogP contribution is 2.30. The van der Waals surface area contributed by atoms with Crippen molar-refractivity contribution >= 4 is 64.2 Å². The van der Waals surface area contributed by atoms with Crippen LogP contribution in [0.2, 0.25) is 0 Å².